The van der Waals surface area contributed by atoms with E-state index in [1.54, 1.807) is 12.1 Å². The van der Waals surface area contributed by atoms with Gasteiger partial charge in [-0.15, -0.1) is 51.4 Å². The third kappa shape index (κ3) is 21.0. The van der Waals surface area contributed by atoms with Gasteiger partial charge in [-0.2, -0.15) is 0 Å². The molecule has 416 valence electrons. The van der Waals surface area contributed by atoms with Crippen LogP contribution in [0.4, 0.5) is 0 Å². The zero-order valence-electron chi connectivity index (χ0n) is 45.7. The second-order valence-corrected chi connectivity index (χ2v) is 16.9. The molecule has 0 spiro atoms. The van der Waals surface area contributed by atoms with Gasteiger partial charge in [0, 0.05) is 58.4 Å². The van der Waals surface area contributed by atoms with Gasteiger partial charge in [0.05, 0.1) is 26.4 Å². The topological polar surface area (TPSA) is 111 Å². The smallest absolute Gasteiger partial charge is 0.148 e. The highest BCUT2D eigenvalue weighted by molar-refractivity contribution is 5.58. The summed E-state index contributed by atoms with van der Waals surface area (Å²) in [5.41, 5.74) is 5.52. The maximum atomic E-state index is 6.30. The van der Waals surface area contributed by atoms with Gasteiger partial charge in [-0.05, 0) is 35.4 Å². The average molecular weight is 1100 g/mol. The van der Waals surface area contributed by atoms with E-state index in [4.69, 9.17) is 108 Å². The summed E-state index contributed by atoms with van der Waals surface area (Å²) < 4.78 is 69.2. The Hall–Kier alpha value is -9.96. The number of hydrogen-bond donors (Lipinski definition) is 0. The fourth-order valence-corrected chi connectivity index (χ4v) is 8.09. The Morgan fingerprint density at radius 2 is 0.512 bits per heavy atom. The van der Waals surface area contributed by atoms with Crippen LogP contribution in [-0.4, -0.2) is 106 Å². The Morgan fingerprint density at radius 1 is 0.256 bits per heavy atom. The number of ether oxygens (including phenoxy) is 12. The molecule has 12 heteroatoms. The Labute approximate surface area is 483 Å². The maximum Gasteiger partial charge on any atom is 0.148 e. The van der Waals surface area contributed by atoms with Crippen molar-refractivity contribution < 1.29 is 56.8 Å². The predicted molar refractivity (Wildman–Crippen MR) is 318 cm³/mol. The van der Waals surface area contributed by atoms with Gasteiger partial charge in [-0.25, -0.2) is 0 Å². The molecule has 0 heterocycles. The van der Waals surface area contributed by atoms with Crippen molar-refractivity contribution in [3.63, 3.8) is 0 Å². The second-order valence-electron chi connectivity index (χ2n) is 16.9. The van der Waals surface area contributed by atoms with Crippen molar-refractivity contribution >= 4 is 0 Å². The first-order valence-corrected chi connectivity index (χ1v) is 25.9. The van der Waals surface area contributed by atoms with Crippen LogP contribution >= 0.6 is 0 Å². The molecule has 12 nitrogen and oxygen atoms in total. The summed E-state index contributed by atoms with van der Waals surface area (Å²) in [4.78, 5) is 0. The monoisotopic (exact) mass is 1100 g/mol. The number of terminal acetylenes is 8. The van der Waals surface area contributed by atoms with Gasteiger partial charge in [0.1, 0.15) is 125 Å². The van der Waals surface area contributed by atoms with E-state index >= 15 is 0 Å². The molecule has 0 unspecified atom stereocenters. The minimum Gasteiger partial charge on any atom is -0.491 e. The molecule has 0 radical (unpaired) electrons. The van der Waals surface area contributed by atoms with Crippen molar-refractivity contribution in [3.8, 4) is 145 Å². The summed E-state index contributed by atoms with van der Waals surface area (Å²) in [6.07, 6.45) is 42.9. The molecule has 0 atom stereocenters. The van der Waals surface area contributed by atoms with Gasteiger partial charge >= 0.3 is 0 Å². The maximum absolute atomic E-state index is 6.30. The summed E-state index contributed by atoms with van der Waals surface area (Å²) in [5.74, 6) is 23.9. The first-order valence-electron chi connectivity index (χ1n) is 25.9. The Bertz CT molecular complexity index is 3060. The molecule has 82 heavy (non-hydrogen) atoms. The number of benzene rings is 6. The van der Waals surface area contributed by atoms with Crippen LogP contribution in [0, 0.1) is 98.8 Å². The van der Waals surface area contributed by atoms with E-state index in [1.807, 2.05) is 109 Å². The summed E-state index contributed by atoms with van der Waals surface area (Å²) >= 11 is 0. The Balaban J connectivity index is 0.000000314. The van der Waals surface area contributed by atoms with E-state index in [2.05, 4.69) is 59.5 Å². The lowest BCUT2D eigenvalue weighted by atomic mass is 9.84. The van der Waals surface area contributed by atoms with E-state index in [0.717, 1.165) is 33.4 Å². The van der Waals surface area contributed by atoms with Crippen LogP contribution in [-0.2, 0) is 18.9 Å². The predicted octanol–water partition coefficient (Wildman–Crippen LogP) is 9.90. The second kappa shape index (κ2) is 37.8. The molecule has 6 aromatic rings. The average Bonchev–Trinajstić information content (AvgIpc) is 3.69. The zero-order chi connectivity index (χ0) is 58.2. The summed E-state index contributed by atoms with van der Waals surface area (Å²) in [5, 5.41) is 0. The molecule has 0 aromatic heterocycles. The Kier molecular flexibility index (Phi) is 29.0. The lowest BCUT2D eigenvalue weighted by Gasteiger charge is -2.25. The number of hydrogen-bond acceptors (Lipinski definition) is 12. The molecule has 0 aliphatic carbocycles. The van der Waals surface area contributed by atoms with E-state index in [1.165, 1.54) is 0 Å². The van der Waals surface area contributed by atoms with Crippen LogP contribution in [0.2, 0.25) is 0 Å². The van der Waals surface area contributed by atoms with Gasteiger partial charge in [0.2, 0.25) is 0 Å². The quantitative estimate of drug-likeness (QED) is 0.0218. The summed E-state index contributed by atoms with van der Waals surface area (Å²) in [7, 11) is 0. The van der Waals surface area contributed by atoms with Crippen LogP contribution in [0.1, 0.15) is 45.2 Å². The molecular formula is C70H64O12. The fourth-order valence-electron chi connectivity index (χ4n) is 8.09. The van der Waals surface area contributed by atoms with E-state index < -0.39 is 0 Å². The highest BCUT2D eigenvalue weighted by atomic mass is 16.5. The standard InChI is InChI=1S/C39H40O8.C31H24O4/c1-5-18-40-22-26-44-33-14-16-35(37(30-33)46-28-24-42-20-7-3)39(32-12-10-9-11-13-32)36-17-15-34(45-27-23-41-19-6-2)31-38(36)47-29-25-43-21-8-4;1-5-18-32-25-14-16-27(29(22-25)34-20-7-3)31(24-12-10-9-11-13-24)28-17-15-26(33-19-6-2)23-30(28)35-21-8-4/h1-4,9-17,30-31,39H,18-29H2;1-4,9-17,22-23,31H,18-21H2. The molecule has 0 bridgehead atoms. The van der Waals surface area contributed by atoms with Crippen molar-refractivity contribution in [2.45, 2.75) is 11.8 Å². The van der Waals surface area contributed by atoms with E-state index in [9.17, 15) is 0 Å². The van der Waals surface area contributed by atoms with Crippen molar-refractivity contribution in [1.29, 1.82) is 0 Å². The van der Waals surface area contributed by atoms with Gasteiger partial charge in [0.15, 0.2) is 0 Å². The molecule has 0 aliphatic heterocycles. The van der Waals surface area contributed by atoms with Crippen molar-refractivity contribution in [2.24, 2.45) is 0 Å². The van der Waals surface area contributed by atoms with Crippen LogP contribution in [0.15, 0.2) is 133 Å². The van der Waals surface area contributed by atoms with Gasteiger partial charge in [-0.1, -0.05) is 132 Å². The molecule has 0 saturated carbocycles. The zero-order valence-corrected chi connectivity index (χ0v) is 45.7. The molecule has 0 amide bonds. The third-order valence-electron chi connectivity index (χ3n) is 11.4. The SMILES string of the molecule is C#CCOCCOc1ccc(C(c2ccccc2)c2ccc(OCCOCC#C)cc2OCCOCC#C)c(OCCOCC#C)c1.C#CCOc1ccc(C(c2ccccc2)c2ccc(OCC#C)cc2OCC#C)c(OCC#C)c1. The largest absolute Gasteiger partial charge is 0.491 e. The van der Waals surface area contributed by atoms with Crippen LogP contribution in [0.25, 0.3) is 0 Å². The van der Waals surface area contributed by atoms with E-state index in [-0.39, 0.29) is 77.9 Å². The molecule has 0 saturated heterocycles. The van der Waals surface area contributed by atoms with Crippen LogP contribution < -0.4 is 37.9 Å². The lowest BCUT2D eigenvalue weighted by Crippen LogP contribution is -2.14. The molecule has 0 N–H and O–H groups in total. The van der Waals surface area contributed by atoms with Crippen molar-refractivity contribution in [3.05, 3.63) is 167 Å². The normalized spacial score (nSPS) is 10.1. The Morgan fingerprint density at radius 3 is 0.805 bits per heavy atom. The molecule has 0 fully saturated rings. The van der Waals surface area contributed by atoms with Crippen LogP contribution in [0.5, 0.6) is 46.0 Å². The minimum atomic E-state index is -0.305. The highest BCUT2D eigenvalue weighted by Gasteiger charge is 2.27. The number of rotatable bonds is 34. The van der Waals surface area contributed by atoms with E-state index in [0.29, 0.717) is 85.6 Å². The fraction of sp³-hybridized carbons (Fsp3) is 0.257. The summed E-state index contributed by atoms with van der Waals surface area (Å²) in [6.45, 7) is 3.80. The lowest BCUT2D eigenvalue weighted by molar-refractivity contribution is 0.120. The molecule has 0 aliphatic rings. The highest BCUT2D eigenvalue weighted by Crippen LogP contribution is 2.45. The van der Waals surface area contributed by atoms with Crippen molar-refractivity contribution in [1.82, 2.24) is 0 Å². The van der Waals surface area contributed by atoms with Gasteiger partial charge < -0.3 is 56.8 Å². The first-order chi connectivity index (χ1) is 40.4. The van der Waals surface area contributed by atoms with Crippen LogP contribution in [0.3, 0.4) is 0 Å². The molecular weight excluding hydrogens is 1030 g/mol. The van der Waals surface area contributed by atoms with Gasteiger partial charge in [0.25, 0.3) is 0 Å². The molecule has 6 aromatic carbocycles. The third-order valence-corrected chi connectivity index (χ3v) is 11.4. The van der Waals surface area contributed by atoms with Crippen molar-refractivity contribution in [2.75, 3.05) is 106 Å². The first kappa shape index (κ1) is 62.9. The summed E-state index contributed by atoms with van der Waals surface area (Å²) in [6, 6.07) is 42.7. The minimum absolute atomic E-state index is 0.0897. The molecule has 6 rings (SSSR count). The van der Waals surface area contributed by atoms with Gasteiger partial charge in [-0.3, -0.25) is 0 Å².